The predicted octanol–water partition coefficient (Wildman–Crippen LogP) is 4.08. The Bertz CT molecular complexity index is 979. The molecule has 5 nitrogen and oxygen atoms in total. The smallest absolute Gasteiger partial charge is 0.251 e. The van der Waals surface area contributed by atoms with Crippen LogP contribution < -0.4 is 15.4 Å². The summed E-state index contributed by atoms with van der Waals surface area (Å²) >= 11 is 0. The molecular weight excluding hydrogens is 364 g/mol. The molecular formula is C21H19F2N3O2. The lowest BCUT2D eigenvalue weighted by Gasteiger charge is -2.09. The minimum atomic E-state index is -0.962. The number of anilines is 2. The largest absolute Gasteiger partial charge is 0.497 e. The molecule has 0 spiro atoms. The summed E-state index contributed by atoms with van der Waals surface area (Å²) in [5.74, 6) is -1.02. The fraction of sp³-hybridized carbons (Fsp3) is 0.143. The molecule has 1 amide bonds. The fourth-order valence-corrected chi connectivity index (χ4v) is 2.61. The molecule has 0 aliphatic heterocycles. The Morgan fingerprint density at radius 1 is 1.07 bits per heavy atom. The van der Waals surface area contributed by atoms with Crippen LogP contribution in [0.5, 0.6) is 5.75 Å². The van der Waals surface area contributed by atoms with Crippen LogP contribution in [0.2, 0.25) is 0 Å². The number of methoxy groups -OCH3 is 1. The van der Waals surface area contributed by atoms with E-state index in [1.54, 1.807) is 19.2 Å². The van der Waals surface area contributed by atoms with Crippen LogP contribution in [-0.4, -0.2) is 24.5 Å². The number of hydrogen-bond donors (Lipinski definition) is 2. The quantitative estimate of drug-likeness (QED) is 0.645. The third-order valence-electron chi connectivity index (χ3n) is 4.05. The molecule has 0 saturated heterocycles. The molecule has 3 aromatic rings. The first kappa shape index (κ1) is 19.3. The first-order valence-corrected chi connectivity index (χ1v) is 8.64. The summed E-state index contributed by atoms with van der Waals surface area (Å²) in [7, 11) is 1.61. The lowest BCUT2D eigenvalue weighted by molar-refractivity contribution is 0.0954. The average molecular weight is 383 g/mol. The molecule has 0 aliphatic carbocycles. The SMILES string of the molecule is COc1cccc(CCNC(=O)c2ccnc(Nc3ccc(F)c(F)c3)c2)c1. The number of pyridine rings is 1. The van der Waals surface area contributed by atoms with Gasteiger partial charge in [-0.3, -0.25) is 4.79 Å². The van der Waals surface area contributed by atoms with Crippen LogP contribution in [0.25, 0.3) is 0 Å². The van der Waals surface area contributed by atoms with E-state index in [0.717, 1.165) is 23.4 Å². The van der Waals surface area contributed by atoms with Crippen LogP contribution >= 0.6 is 0 Å². The van der Waals surface area contributed by atoms with Crippen molar-refractivity contribution in [2.24, 2.45) is 0 Å². The number of benzene rings is 2. The maximum absolute atomic E-state index is 13.3. The predicted molar refractivity (Wildman–Crippen MR) is 103 cm³/mol. The minimum Gasteiger partial charge on any atom is -0.497 e. The molecule has 0 aliphatic rings. The molecule has 0 radical (unpaired) electrons. The van der Waals surface area contributed by atoms with Crippen LogP contribution in [0, 0.1) is 11.6 Å². The molecule has 144 valence electrons. The van der Waals surface area contributed by atoms with Gasteiger partial charge in [-0.15, -0.1) is 0 Å². The summed E-state index contributed by atoms with van der Waals surface area (Å²) in [4.78, 5) is 16.5. The van der Waals surface area contributed by atoms with Gasteiger partial charge in [0.15, 0.2) is 11.6 Å². The number of ether oxygens (including phenoxy) is 1. The van der Waals surface area contributed by atoms with E-state index in [-0.39, 0.29) is 5.91 Å². The zero-order valence-electron chi connectivity index (χ0n) is 15.2. The van der Waals surface area contributed by atoms with Gasteiger partial charge in [-0.05, 0) is 48.4 Å². The number of nitrogens with zero attached hydrogens (tertiary/aromatic N) is 1. The van der Waals surface area contributed by atoms with Gasteiger partial charge in [-0.25, -0.2) is 13.8 Å². The summed E-state index contributed by atoms with van der Waals surface area (Å²) in [5.41, 5.74) is 1.79. The van der Waals surface area contributed by atoms with E-state index in [2.05, 4.69) is 15.6 Å². The summed E-state index contributed by atoms with van der Waals surface area (Å²) in [6, 6.07) is 14.2. The summed E-state index contributed by atoms with van der Waals surface area (Å²) in [5, 5.41) is 5.70. The first-order valence-electron chi connectivity index (χ1n) is 8.64. The third-order valence-corrected chi connectivity index (χ3v) is 4.05. The number of carbonyl (C=O) groups excluding carboxylic acids is 1. The maximum Gasteiger partial charge on any atom is 0.251 e. The number of aromatic nitrogens is 1. The number of carbonyl (C=O) groups is 1. The molecule has 2 N–H and O–H groups in total. The normalized spacial score (nSPS) is 10.4. The second-order valence-corrected chi connectivity index (χ2v) is 6.04. The van der Waals surface area contributed by atoms with Crippen LogP contribution in [0.15, 0.2) is 60.8 Å². The van der Waals surface area contributed by atoms with E-state index in [0.29, 0.717) is 30.0 Å². The summed E-state index contributed by atoms with van der Waals surface area (Å²) in [6.07, 6.45) is 2.13. The number of nitrogens with one attached hydrogen (secondary N) is 2. The van der Waals surface area contributed by atoms with Crippen molar-refractivity contribution in [2.75, 3.05) is 19.0 Å². The van der Waals surface area contributed by atoms with Gasteiger partial charge in [0.1, 0.15) is 11.6 Å². The van der Waals surface area contributed by atoms with E-state index >= 15 is 0 Å². The Labute approximate surface area is 161 Å². The average Bonchev–Trinajstić information content (AvgIpc) is 2.71. The Hall–Kier alpha value is -3.48. The van der Waals surface area contributed by atoms with E-state index < -0.39 is 11.6 Å². The highest BCUT2D eigenvalue weighted by atomic mass is 19.2. The molecule has 1 heterocycles. The van der Waals surface area contributed by atoms with E-state index in [4.69, 9.17) is 4.74 Å². The van der Waals surface area contributed by atoms with Gasteiger partial charge in [0.25, 0.3) is 5.91 Å². The van der Waals surface area contributed by atoms with Crippen molar-refractivity contribution in [2.45, 2.75) is 6.42 Å². The Morgan fingerprint density at radius 2 is 1.93 bits per heavy atom. The Balaban J connectivity index is 1.59. The minimum absolute atomic E-state index is 0.251. The van der Waals surface area contributed by atoms with Crippen LogP contribution in [0.4, 0.5) is 20.3 Å². The molecule has 2 aromatic carbocycles. The van der Waals surface area contributed by atoms with Crippen LogP contribution in [0.3, 0.4) is 0 Å². The molecule has 7 heteroatoms. The highest BCUT2D eigenvalue weighted by Gasteiger charge is 2.08. The number of hydrogen-bond acceptors (Lipinski definition) is 4. The number of halogens is 2. The first-order chi connectivity index (χ1) is 13.5. The molecule has 0 unspecified atom stereocenters. The van der Waals surface area contributed by atoms with Gasteiger partial charge in [0, 0.05) is 30.1 Å². The highest BCUT2D eigenvalue weighted by Crippen LogP contribution is 2.18. The zero-order valence-corrected chi connectivity index (χ0v) is 15.2. The van der Waals surface area contributed by atoms with Crippen molar-refractivity contribution >= 4 is 17.4 Å². The lowest BCUT2D eigenvalue weighted by atomic mass is 10.1. The van der Waals surface area contributed by atoms with Gasteiger partial charge in [-0.2, -0.15) is 0 Å². The lowest BCUT2D eigenvalue weighted by Crippen LogP contribution is -2.25. The highest BCUT2D eigenvalue weighted by molar-refractivity contribution is 5.94. The van der Waals surface area contributed by atoms with Gasteiger partial charge >= 0.3 is 0 Å². The topological polar surface area (TPSA) is 63.2 Å². The van der Waals surface area contributed by atoms with Crippen LogP contribution in [-0.2, 0) is 6.42 Å². The number of rotatable bonds is 7. The van der Waals surface area contributed by atoms with Crippen molar-refractivity contribution in [1.29, 1.82) is 0 Å². The van der Waals surface area contributed by atoms with E-state index in [1.165, 1.54) is 12.3 Å². The molecule has 28 heavy (non-hydrogen) atoms. The van der Waals surface area contributed by atoms with Gasteiger partial charge < -0.3 is 15.4 Å². The van der Waals surface area contributed by atoms with Crippen LogP contribution in [0.1, 0.15) is 15.9 Å². The van der Waals surface area contributed by atoms with Crippen molar-refractivity contribution in [1.82, 2.24) is 10.3 Å². The standard InChI is InChI=1S/C21H19F2N3O2/c1-28-17-4-2-3-14(11-17)7-9-25-21(27)15-8-10-24-20(12-15)26-16-5-6-18(22)19(23)13-16/h2-6,8,10-13H,7,9H2,1H3,(H,24,26)(H,25,27). The van der Waals surface area contributed by atoms with Crippen molar-refractivity contribution in [3.63, 3.8) is 0 Å². The molecule has 0 bridgehead atoms. The molecule has 1 aromatic heterocycles. The van der Waals surface area contributed by atoms with E-state index in [9.17, 15) is 13.6 Å². The molecule has 3 rings (SSSR count). The Morgan fingerprint density at radius 3 is 2.71 bits per heavy atom. The maximum atomic E-state index is 13.3. The molecule has 0 atom stereocenters. The second-order valence-electron chi connectivity index (χ2n) is 6.04. The second kappa shape index (κ2) is 8.94. The zero-order chi connectivity index (χ0) is 19.9. The van der Waals surface area contributed by atoms with Crippen molar-refractivity contribution in [3.05, 3.63) is 83.6 Å². The van der Waals surface area contributed by atoms with Crippen molar-refractivity contribution < 1.29 is 18.3 Å². The van der Waals surface area contributed by atoms with Gasteiger partial charge in [0.2, 0.25) is 0 Å². The summed E-state index contributed by atoms with van der Waals surface area (Å²) < 4.78 is 31.5. The van der Waals surface area contributed by atoms with E-state index in [1.807, 2.05) is 24.3 Å². The van der Waals surface area contributed by atoms with Gasteiger partial charge in [-0.1, -0.05) is 12.1 Å². The molecule has 0 fully saturated rings. The van der Waals surface area contributed by atoms with Gasteiger partial charge in [0.05, 0.1) is 7.11 Å². The fourth-order valence-electron chi connectivity index (χ4n) is 2.61. The summed E-state index contributed by atoms with van der Waals surface area (Å²) in [6.45, 7) is 0.459. The van der Waals surface area contributed by atoms with Crippen molar-refractivity contribution in [3.8, 4) is 5.75 Å². The number of amides is 1. The third kappa shape index (κ3) is 5.03. The Kier molecular flexibility index (Phi) is 6.16. The molecule has 0 saturated carbocycles. The monoisotopic (exact) mass is 383 g/mol.